The van der Waals surface area contributed by atoms with Gasteiger partial charge in [0.05, 0.1) is 9.95 Å². The van der Waals surface area contributed by atoms with Crippen LogP contribution in [0.1, 0.15) is 0 Å². The number of hydrogen-bond acceptors (Lipinski definition) is 3. The van der Waals surface area contributed by atoms with Crippen LogP contribution >= 0.6 is 23.2 Å². The number of benzene rings is 2. The molecule has 0 radical (unpaired) electrons. The molecule has 3 rings (SSSR count). The minimum Gasteiger partial charge on any atom is -0.321 e. The predicted octanol–water partition coefficient (Wildman–Crippen LogP) is 4.41. The summed E-state index contributed by atoms with van der Waals surface area (Å²) >= 11 is 12.0. The normalized spacial score (nSPS) is 10.8. The molecule has 22 heavy (non-hydrogen) atoms. The quantitative estimate of drug-likeness (QED) is 0.557. The first-order chi connectivity index (χ1) is 10.5. The molecule has 0 saturated heterocycles. The zero-order valence-corrected chi connectivity index (χ0v) is 12.5. The van der Waals surface area contributed by atoms with Crippen LogP contribution in [-0.4, -0.2) is 9.91 Å². The Morgan fingerprint density at radius 3 is 2.45 bits per heavy atom. The maximum absolute atomic E-state index is 12.2. The van der Waals surface area contributed by atoms with Crippen LogP contribution in [0.15, 0.2) is 47.3 Å². The molecule has 0 atom stereocenters. The Balaban J connectivity index is 2.27. The number of non-ortho nitro benzene ring substituents is 1. The molecule has 1 heterocycles. The summed E-state index contributed by atoms with van der Waals surface area (Å²) in [6.07, 6.45) is 0. The van der Waals surface area contributed by atoms with Crippen molar-refractivity contribution in [1.29, 1.82) is 0 Å². The Labute approximate surface area is 134 Å². The van der Waals surface area contributed by atoms with E-state index in [4.69, 9.17) is 23.2 Å². The number of fused-ring (bicyclic) bond motifs is 1. The molecule has 0 fully saturated rings. The van der Waals surface area contributed by atoms with Crippen LogP contribution in [0.5, 0.6) is 0 Å². The third kappa shape index (κ3) is 2.56. The molecular weight excluding hydrogens is 327 g/mol. The van der Waals surface area contributed by atoms with Gasteiger partial charge in [0.1, 0.15) is 0 Å². The summed E-state index contributed by atoms with van der Waals surface area (Å²) in [6.45, 7) is 0. The Hall–Kier alpha value is -2.37. The topological polar surface area (TPSA) is 76.0 Å². The fourth-order valence-electron chi connectivity index (χ4n) is 2.22. The summed E-state index contributed by atoms with van der Waals surface area (Å²) in [5.41, 5.74) is 0.984. The molecule has 0 aliphatic rings. The van der Waals surface area contributed by atoms with Gasteiger partial charge in [0.15, 0.2) is 0 Å². The number of aromatic amines is 1. The fraction of sp³-hybridized carbons (Fsp3) is 0. The summed E-state index contributed by atoms with van der Waals surface area (Å²) in [5.74, 6) is 0. The van der Waals surface area contributed by atoms with Crippen LogP contribution in [-0.2, 0) is 0 Å². The van der Waals surface area contributed by atoms with Crippen LogP contribution in [0.3, 0.4) is 0 Å². The molecule has 0 bridgehead atoms. The Bertz CT molecular complexity index is 967. The van der Waals surface area contributed by atoms with Crippen molar-refractivity contribution in [2.75, 3.05) is 0 Å². The standard InChI is InChI=1S/C15H8Cl2N2O3/c16-9-1-3-11(13(17)7-9)12-6-8-5-10(19(21)22)2-4-14(8)18-15(12)20/h1-7H,(H,18,20). The summed E-state index contributed by atoms with van der Waals surface area (Å²) < 4.78 is 0. The van der Waals surface area contributed by atoms with Gasteiger partial charge < -0.3 is 4.98 Å². The molecule has 110 valence electrons. The molecule has 1 aromatic heterocycles. The molecule has 0 aliphatic heterocycles. The second-order valence-corrected chi connectivity index (χ2v) is 5.51. The first-order valence-corrected chi connectivity index (χ1v) is 6.98. The number of hydrogen-bond donors (Lipinski definition) is 1. The van der Waals surface area contributed by atoms with E-state index >= 15 is 0 Å². The van der Waals surface area contributed by atoms with E-state index in [1.54, 1.807) is 18.2 Å². The average Bonchev–Trinajstić information content (AvgIpc) is 2.46. The largest absolute Gasteiger partial charge is 0.321 e. The molecular formula is C15H8Cl2N2O3. The molecule has 7 heteroatoms. The molecule has 3 aromatic rings. The number of halogens is 2. The summed E-state index contributed by atoms with van der Waals surface area (Å²) in [5, 5.41) is 12.2. The Morgan fingerprint density at radius 2 is 1.77 bits per heavy atom. The van der Waals surface area contributed by atoms with E-state index in [1.807, 2.05) is 0 Å². The van der Waals surface area contributed by atoms with Gasteiger partial charge >= 0.3 is 0 Å². The molecule has 0 aliphatic carbocycles. The molecule has 1 N–H and O–H groups in total. The van der Waals surface area contributed by atoms with Gasteiger partial charge in [0.2, 0.25) is 0 Å². The van der Waals surface area contributed by atoms with E-state index in [0.717, 1.165) is 0 Å². The maximum Gasteiger partial charge on any atom is 0.270 e. The molecule has 0 spiro atoms. The second kappa shape index (κ2) is 5.44. The molecule has 0 amide bonds. The van der Waals surface area contributed by atoms with Crippen molar-refractivity contribution < 1.29 is 4.92 Å². The number of pyridine rings is 1. The number of H-pyrrole nitrogens is 1. The van der Waals surface area contributed by atoms with E-state index in [2.05, 4.69) is 4.98 Å². The SMILES string of the molecule is O=c1[nH]c2ccc([N+](=O)[O-])cc2cc1-c1ccc(Cl)cc1Cl. The molecule has 2 aromatic carbocycles. The van der Waals surface area contributed by atoms with Gasteiger partial charge in [0.25, 0.3) is 11.2 Å². The van der Waals surface area contributed by atoms with Crippen molar-refractivity contribution in [2.45, 2.75) is 0 Å². The Morgan fingerprint density at radius 1 is 1.00 bits per heavy atom. The molecule has 0 saturated carbocycles. The highest BCUT2D eigenvalue weighted by atomic mass is 35.5. The number of aromatic nitrogens is 1. The summed E-state index contributed by atoms with van der Waals surface area (Å²) in [4.78, 5) is 25.3. The van der Waals surface area contributed by atoms with E-state index in [0.29, 0.717) is 32.1 Å². The predicted molar refractivity (Wildman–Crippen MR) is 86.7 cm³/mol. The molecule has 0 unspecified atom stereocenters. The van der Waals surface area contributed by atoms with Gasteiger partial charge in [-0.2, -0.15) is 0 Å². The first kappa shape index (κ1) is 14.6. The maximum atomic E-state index is 12.2. The van der Waals surface area contributed by atoms with E-state index in [9.17, 15) is 14.9 Å². The minimum atomic E-state index is -0.487. The van der Waals surface area contributed by atoms with Gasteiger partial charge in [-0.3, -0.25) is 14.9 Å². The molecule has 5 nitrogen and oxygen atoms in total. The van der Waals surface area contributed by atoms with E-state index in [-0.39, 0.29) is 11.2 Å². The average molecular weight is 335 g/mol. The lowest BCUT2D eigenvalue weighted by molar-refractivity contribution is -0.384. The van der Waals surface area contributed by atoms with Crippen LogP contribution in [0.25, 0.3) is 22.0 Å². The van der Waals surface area contributed by atoms with Crippen molar-refractivity contribution in [3.8, 4) is 11.1 Å². The zero-order valence-electron chi connectivity index (χ0n) is 11.0. The summed E-state index contributed by atoms with van der Waals surface area (Å²) in [6, 6.07) is 10.6. The lowest BCUT2D eigenvalue weighted by Crippen LogP contribution is -2.09. The van der Waals surface area contributed by atoms with Crippen molar-refractivity contribution in [1.82, 2.24) is 4.98 Å². The summed E-state index contributed by atoms with van der Waals surface area (Å²) in [7, 11) is 0. The first-order valence-electron chi connectivity index (χ1n) is 6.22. The van der Waals surface area contributed by atoms with Gasteiger partial charge in [-0.05, 0) is 24.3 Å². The van der Waals surface area contributed by atoms with Crippen molar-refractivity contribution in [2.24, 2.45) is 0 Å². The highest BCUT2D eigenvalue weighted by Gasteiger charge is 2.12. The van der Waals surface area contributed by atoms with Crippen LogP contribution in [0.2, 0.25) is 10.0 Å². The number of nitro groups is 1. The lowest BCUT2D eigenvalue weighted by Gasteiger charge is -2.06. The monoisotopic (exact) mass is 334 g/mol. The number of nitrogens with zero attached hydrogens (tertiary/aromatic N) is 1. The van der Waals surface area contributed by atoms with Crippen molar-refractivity contribution in [3.63, 3.8) is 0 Å². The highest BCUT2D eigenvalue weighted by molar-refractivity contribution is 6.36. The number of nitrogens with one attached hydrogen (secondary N) is 1. The van der Waals surface area contributed by atoms with Crippen molar-refractivity contribution in [3.05, 3.63) is 73.0 Å². The second-order valence-electron chi connectivity index (χ2n) is 4.66. The van der Waals surface area contributed by atoms with Crippen LogP contribution in [0, 0.1) is 10.1 Å². The van der Waals surface area contributed by atoms with E-state index in [1.165, 1.54) is 24.3 Å². The Kier molecular flexibility index (Phi) is 3.60. The minimum absolute atomic E-state index is 0.0484. The van der Waals surface area contributed by atoms with Gasteiger partial charge in [0, 0.05) is 39.2 Å². The smallest absolute Gasteiger partial charge is 0.270 e. The third-order valence-corrected chi connectivity index (χ3v) is 3.81. The van der Waals surface area contributed by atoms with Crippen LogP contribution in [0.4, 0.5) is 5.69 Å². The number of rotatable bonds is 2. The van der Waals surface area contributed by atoms with Gasteiger partial charge in [-0.1, -0.05) is 29.3 Å². The van der Waals surface area contributed by atoms with E-state index < -0.39 is 4.92 Å². The fourth-order valence-corrected chi connectivity index (χ4v) is 2.73. The zero-order chi connectivity index (χ0) is 15.9. The lowest BCUT2D eigenvalue weighted by atomic mass is 10.0. The van der Waals surface area contributed by atoms with Crippen LogP contribution < -0.4 is 5.56 Å². The van der Waals surface area contributed by atoms with Gasteiger partial charge in [-0.25, -0.2) is 0 Å². The highest BCUT2D eigenvalue weighted by Crippen LogP contribution is 2.30. The van der Waals surface area contributed by atoms with Crippen molar-refractivity contribution >= 4 is 39.8 Å². The number of nitro benzene ring substituents is 1. The van der Waals surface area contributed by atoms with Gasteiger partial charge in [-0.15, -0.1) is 0 Å². The third-order valence-electron chi connectivity index (χ3n) is 3.26.